The fraction of sp³-hybridized carbons (Fsp3) is 0.190. The van der Waals surface area contributed by atoms with Crippen LogP contribution in [-0.4, -0.2) is 44.2 Å². The molecule has 1 aliphatic heterocycles. The maximum absolute atomic E-state index is 12.7. The Morgan fingerprint density at radius 3 is 2.29 bits per heavy atom. The summed E-state index contributed by atoms with van der Waals surface area (Å²) in [6.45, 7) is 5.21. The first-order valence-electron chi connectivity index (χ1n) is 9.31. The topological polar surface area (TPSA) is 119 Å². The van der Waals surface area contributed by atoms with Crippen molar-refractivity contribution in [2.45, 2.75) is 26.4 Å². The smallest absolute Gasteiger partial charge is 0.412 e. The standard InChI is InChI=1S/C21H18N4O6/c1-21(2,3)30-20(29)23-12-8-9-24-16(10-12)15(11-22-24)19(28)31-25-17(26)13-6-4-5-7-14(13)18(25)27/h4-11H,1-3H3,(H,23,29). The van der Waals surface area contributed by atoms with Crippen molar-refractivity contribution in [2.75, 3.05) is 5.32 Å². The number of nitrogens with zero attached hydrogens (tertiary/aromatic N) is 3. The minimum absolute atomic E-state index is 0.00407. The number of carbonyl (C=O) groups is 4. The lowest BCUT2D eigenvalue weighted by Gasteiger charge is -2.19. The number of nitrogens with one attached hydrogen (secondary N) is 1. The van der Waals surface area contributed by atoms with Gasteiger partial charge in [0.25, 0.3) is 11.8 Å². The Bertz CT molecular complexity index is 1210. The van der Waals surface area contributed by atoms with Gasteiger partial charge in [-0.1, -0.05) is 17.2 Å². The molecule has 0 bridgehead atoms. The zero-order valence-electron chi connectivity index (χ0n) is 16.9. The number of carbonyl (C=O) groups excluding carboxylic acids is 4. The highest BCUT2D eigenvalue weighted by atomic mass is 16.7. The molecule has 0 atom stereocenters. The summed E-state index contributed by atoms with van der Waals surface area (Å²) < 4.78 is 6.60. The molecule has 0 fully saturated rings. The minimum Gasteiger partial charge on any atom is -0.444 e. The molecule has 31 heavy (non-hydrogen) atoms. The van der Waals surface area contributed by atoms with Gasteiger partial charge in [-0.05, 0) is 45.0 Å². The SMILES string of the molecule is CC(C)(C)OC(=O)Nc1ccn2ncc(C(=O)ON3C(=O)c4ccccc4C3=O)c2c1. The normalized spacial score (nSPS) is 13.3. The van der Waals surface area contributed by atoms with Crippen molar-refractivity contribution in [1.29, 1.82) is 0 Å². The highest BCUT2D eigenvalue weighted by Crippen LogP contribution is 2.24. The van der Waals surface area contributed by atoms with Crippen molar-refractivity contribution in [3.05, 3.63) is 65.5 Å². The van der Waals surface area contributed by atoms with Crippen molar-refractivity contribution in [3.8, 4) is 0 Å². The lowest BCUT2D eigenvalue weighted by Crippen LogP contribution is -2.32. The highest BCUT2D eigenvalue weighted by molar-refractivity contribution is 6.21. The molecule has 0 spiro atoms. The number of hydroxylamine groups is 2. The van der Waals surface area contributed by atoms with Gasteiger partial charge in [0.2, 0.25) is 0 Å². The van der Waals surface area contributed by atoms with Crippen LogP contribution in [0.4, 0.5) is 10.5 Å². The van der Waals surface area contributed by atoms with Gasteiger partial charge in [0.05, 0.1) is 22.8 Å². The van der Waals surface area contributed by atoms with E-state index >= 15 is 0 Å². The fourth-order valence-corrected chi connectivity index (χ4v) is 3.02. The number of benzene rings is 1. The van der Waals surface area contributed by atoms with Crippen LogP contribution < -0.4 is 5.32 Å². The molecule has 1 aromatic carbocycles. The van der Waals surface area contributed by atoms with E-state index in [1.807, 2.05) is 0 Å². The Morgan fingerprint density at radius 2 is 1.68 bits per heavy atom. The molecule has 3 amide bonds. The Morgan fingerprint density at radius 1 is 1.03 bits per heavy atom. The summed E-state index contributed by atoms with van der Waals surface area (Å²) in [4.78, 5) is 54.6. The largest absolute Gasteiger partial charge is 0.444 e. The maximum atomic E-state index is 12.7. The molecular weight excluding hydrogens is 404 g/mol. The van der Waals surface area contributed by atoms with Crippen LogP contribution in [0, 0.1) is 0 Å². The predicted octanol–water partition coefficient (Wildman–Crippen LogP) is 3.05. The second kappa shape index (κ2) is 7.24. The van der Waals surface area contributed by atoms with Gasteiger partial charge in [-0.2, -0.15) is 5.10 Å². The number of fused-ring (bicyclic) bond motifs is 2. The van der Waals surface area contributed by atoms with Crippen LogP contribution in [0.25, 0.3) is 5.52 Å². The van der Waals surface area contributed by atoms with Gasteiger partial charge in [-0.3, -0.25) is 14.9 Å². The summed E-state index contributed by atoms with van der Waals surface area (Å²) in [7, 11) is 0. The molecule has 158 valence electrons. The lowest BCUT2D eigenvalue weighted by atomic mass is 10.1. The van der Waals surface area contributed by atoms with Crippen LogP contribution >= 0.6 is 0 Å². The second-order valence-corrected chi connectivity index (χ2v) is 7.76. The molecule has 3 heterocycles. The van der Waals surface area contributed by atoms with Gasteiger partial charge in [0.1, 0.15) is 11.2 Å². The molecule has 10 heteroatoms. The molecule has 1 N–H and O–H groups in total. The predicted molar refractivity (Wildman–Crippen MR) is 107 cm³/mol. The van der Waals surface area contributed by atoms with Gasteiger partial charge in [0.15, 0.2) is 0 Å². The Kier molecular flexibility index (Phi) is 4.69. The Balaban J connectivity index is 1.56. The molecule has 0 unspecified atom stereocenters. The second-order valence-electron chi connectivity index (χ2n) is 7.76. The van der Waals surface area contributed by atoms with Crippen molar-refractivity contribution < 1.29 is 28.8 Å². The molecule has 10 nitrogen and oxygen atoms in total. The van der Waals surface area contributed by atoms with Crippen LogP contribution in [0.2, 0.25) is 0 Å². The zero-order valence-corrected chi connectivity index (χ0v) is 16.9. The zero-order chi connectivity index (χ0) is 22.3. The third kappa shape index (κ3) is 3.82. The van der Waals surface area contributed by atoms with Gasteiger partial charge in [-0.15, -0.1) is 0 Å². The first-order chi connectivity index (χ1) is 14.6. The molecule has 0 aliphatic carbocycles. The summed E-state index contributed by atoms with van der Waals surface area (Å²) in [5.74, 6) is -2.39. The molecule has 0 saturated carbocycles. The Hall–Kier alpha value is -4.21. The van der Waals surface area contributed by atoms with Crippen LogP contribution in [0.15, 0.2) is 48.8 Å². The average Bonchev–Trinajstić information content (AvgIpc) is 3.21. The van der Waals surface area contributed by atoms with Gasteiger partial charge >= 0.3 is 12.1 Å². The molecule has 3 aromatic rings. The number of anilines is 1. The summed E-state index contributed by atoms with van der Waals surface area (Å²) in [5, 5.41) is 7.06. The number of ether oxygens (including phenoxy) is 1. The minimum atomic E-state index is -0.945. The number of pyridine rings is 1. The number of hydrogen-bond acceptors (Lipinski definition) is 7. The summed E-state index contributed by atoms with van der Waals surface area (Å²) in [5.41, 5.74) is 0.302. The van der Waals surface area contributed by atoms with E-state index in [1.165, 1.54) is 35.1 Å². The van der Waals surface area contributed by atoms with E-state index < -0.39 is 29.5 Å². The monoisotopic (exact) mass is 422 g/mol. The molecule has 1 aliphatic rings. The Labute approximate surface area is 176 Å². The summed E-state index contributed by atoms with van der Waals surface area (Å²) >= 11 is 0. The maximum Gasteiger partial charge on any atom is 0.412 e. The highest BCUT2D eigenvalue weighted by Gasteiger charge is 2.39. The van der Waals surface area contributed by atoms with E-state index in [-0.39, 0.29) is 16.7 Å². The fourth-order valence-electron chi connectivity index (χ4n) is 3.02. The molecule has 0 radical (unpaired) electrons. The van der Waals surface area contributed by atoms with E-state index in [1.54, 1.807) is 39.0 Å². The molecule has 0 saturated heterocycles. The van der Waals surface area contributed by atoms with Crippen molar-refractivity contribution in [3.63, 3.8) is 0 Å². The quantitative estimate of drug-likeness (QED) is 0.644. The van der Waals surface area contributed by atoms with Gasteiger partial charge < -0.3 is 9.57 Å². The van der Waals surface area contributed by atoms with Crippen molar-refractivity contribution >= 4 is 35.1 Å². The van der Waals surface area contributed by atoms with E-state index in [9.17, 15) is 19.2 Å². The van der Waals surface area contributed by atoms with E-state index in [0.29, 0.717) is 16.3 Å². The number of imide groups is 1. The summed E-state index contributed by atoms with van der Waals surface area (Å²) in [6.07, 6.45) is 2.11. The van der Waals surface area contributed by atoms with Crippen LogP contribution in [-0.2, 0) is 9.57 Å². The number of aromatic nitrogens is 2. The van der Waals surface area contributed by atoms with Crippen molar-refractivity contribution in [1.82, 2.24) is 14.7 Å². The average molecular weight is 422 g/mol. The van der Waals surface area contributed by atoms with E-state index in [4.69, 9.17) is 9.57 Å². The van der Waals surface area contributed by atoms with E-state index in [2.05, 4.69) is 10.4 Å². The number of hydrogen-bond donors (Lipinski definition) is 1. The van der Waals surface area contributed by atoms with E-state index in [0.717, 1.165) is 0 Å². The molecular formula is C21H18N4O6. The third-order valence-corrected chi connectivity index (χ3v) is 4.32. The summed E-state index contributed by atoms with van der Waals surface area (Å²) in [6, 6.07) is 9.25. The molecule has 2 aromatic heterocycles. The lowest BCUT2D eigenvalue weighted by molar-refractivity contribution is -0.0583. The van der Waals surface area contributed by atoms with Crippen LogP contribution in [0.1, 0.15) is 51.8 Å². The van der Waals surface area contributed by atoms with Crippen LogP contribution in [0.3, 0.4) is 0 Å². The van der Waals surface area contributed by atoms with Gasteiger partial charge in [-0.25, -0.2) is 14.1 Å². The number of amides is 3. The first kappa shape index (κ1) is 20.1. The first-order valence-corrected chi connectivity index (χ1v) is 9.31. The van der Waals surface area contributed by atoms with Crippen molar-refractivity contribution in [2.24, 2.45) is 0 Å². The van der Waals surface area contributed by atoms with Gasteiger partial charge in [0, 0.05) is 11.9 Å². The third-order valence-electron chi connectivity index (χ3n) is 4.32. The van der Waals surface area contributed by atoms with Crippen LogP contribution in [0.5, 0.6) is 0 Å². The number of rotatable bonds is 3. The molecule has 4 rings (SSSR count).